The summed E-state index contributed by atoms with van der Waals surface area (Å²) in [4.78, 5) is 24.6. The highest BCUT2D eigenvalue weighted by Gasteiger charge is 2.28. The molecule has 1 N–H and O–H groups in total. The van der Waals surface area contributed by atoms with Crippen molar-refractivity contribution in [1.29, 1.82) is 0 Å². The number of carbonyl (C=O) groups excluding carboxylic acids is 1. The zero-order chi connectivity index (χ0) is 27.2. The number of piperazine rings is 1. The van der Waals surface area contributed by atoms with Crippen molar-refractivity contribution in [3.05, 3.63) is 87.5 Å². The highest BCUT2D eigenvalue weighted by molar-refractivity contribution is 6.33. The van der Waals surface area contributed by atoms with Crippen LogP contribution in [0.3, 0.4) is 0 Å². The van der Waals surface area contributed by atoms with E-state index < -0.39 is 0 Å². The molecule has 0 unspecified atom stereocenters. The summed E-state index contributed by atoms with van der Waals surface area (Å²) >= 11 is 12.6. The number of pyridine rings is 1. The quantitative estimate of drug-likeness (QED) is 0.394. The number of nitrogens with zero attached hydrogens (tertiary/aromatic N) is 4. The fourth-order valence-electron chi connectivity index (χ4n) is 5.45. The number of likely N-dealkylation sites (tertiary alicyclic amines) is 1. The van der Waals surface area contributed by atoms with Gasteiger partial charge in [-0.1, -0.05) is 47.5 Å². The number of halogens is 2. The Kier molecular flexibility index (Phi) is 9.24. The van der Waals surface area contributed by atoms with E-state index in [1.165, 1.54) is 18.4 Å². The van der Waals surface area contributed by atoms with Gasteiger partial charge in [-0.2, -0.15) is 0 Å². The monoisotopic (exact) mass is 569 g/mol. The molecule has 2 aromatic carbocycles. The Morgan fingerprint density at radius 1 is 1.00 bits per heavy atom. The molecule has 39 heavy (non-hydrogen) atoms. The fourth-order valence-corrected chi connectivity index (χ4v) is 5.95. The van der Waals surface area contributed by atoms with Gasteiger partial charge in [0.05, 0.1) is 17.7 Å². The van der Waals surface area contributed by atoms with Gasteiger partial charge >= 0.3 is 0 Å². The molecule has 0 aliphatic carbocycles. The average Bonchev–Trinajstić information content (AvgIpc) is 2.97. The summed E-state index contributed by atoms with van der Waals surface area (Å²) in [6.45, 7) is 7.34. The summed E-state index contributed by atoms with van der Waals surface area (Å²) in [7, 11) is 1.70. The standard InChI is InChI=1S/C30H35Cl2N5O2.H2/c1-39-27-7-5-22(6-8-27)21-35-11-9-26(10-12-35)36-13-15-37(16-14-36)29-28(32)18-24(20-33-29)30(38)34-19-23-3-2-4-25(31)17-23;/h2-8,17-18,20,26H,9-16,19,21H2,1H3,(H,34,38);1H. The predicted molar refractivity (Wildman–Crippen MR) is 159 cm³/mol. The van der Waals surface area contributed by atoms with Crippen molar-refractivity contribution in [2.75, 3.05) is 51.3 Å². The van der Waals surface area contributed by atoms with Crippen molar-refractivity contribution in [2.24, 2.45) is 0 Å². The van der Waals surface area contributed by atoms with Gasteiger partial charge in [-0.3, -0.25) is 14.6 Å². The Morgan fingerprint density at radius 2 is 1.74 bits per heavy atom. The van der Waals surface area contributed by atoms with Crippen molar-refractivity contribution in [3.63, 3.8) is 0 Å². The molecule has 0 spiro atoms. The summed E-state index contributed by atoms with van der Waals surface area (Å²) < 4.78 is 5.27. The maximum absolute atomic E-state index is 12.6. The number of carbonyl (C=O) groups is 1. The topological polar surface area (TPSA) is 60.9 Å². The van der Waals surface area contributed by atoms with Crippen LogP contribution in [0.25, 0.3) is 0 Å². The third-order valence-electron chi connectivity index (χ3n) is 7.68. The number of aromatic nitrogens is 1. The largest absolute Gasteiger partial charge is 0.497 e. The van der Waals surface area contributed by atoms with E-state index in [-0.39, 0.29) is 7.33 Å². The summed E-state index contributed by atoms with van der Waals surface area (Å²) in [5, 5.41) is 4.06. The SMILES string of the molecule is COc1ccc(CN2CCC(N3CCN(c4ncc(C(=O)NCc5cccc(Cl)c5)cc4Cl)CC3)CC2)cc1.[HH]. The second kappa shape index (κ2) is 13.0. The van der Waals surface area contributed by atoms with Gasteiger partial charge in [-0.25, -0.2) is 4.98 Å². The molecule has 0 atom stereocenters. The summed E-state index contributed by atoms with van der Waals surface area (Å²) in [6, 6.07) is 18.1. The Hall–Kier alpha value is -2.84. The molecule has 208 valence electrons. The minimum atomic E-state index is -0.209. The van der Waals surface area contributed by atoms with Crippen LogP contribution in [0.15, 0.2) is 60.8 Å². The molecule has 7 nitrogen and oxygen atoms in total. The molecule has 2 aliphatic rings. The smallest absolute Gasteiger partial charge is 0.253 e. The number of piperidine rings is 1. The number of amides is 1. The molecule has 9 heteroatoms. The lowest BCUT2D eigenvalue weighted by atomic mass is 10.0. The third-order valence-corrected chi connectivity index (χ3v) is 8.19. The number of benzene rings is 2. The Bertz CT molecular complexity index is 1260. The van der Waals surface area contributed by atoms with Crippen molar-refractivity contribution in [3.8, 4) is 5.75 Å². The lowest BCUT2D eigenvalue weighted by molar-refractivity contribution is 0.0950. The van der Waals surface area contributed by atoms with E-state index in [9.17, 15) is 4.79 Å². The van der Waals surface area contributed by atoms with Crippen LogP contribution in [0.4, 0.5) is 5.82 Å². The molecule has 5 rings (SSSR count). The number of nitrogens with one attached hydrogen (secondary N) is 1. The first kappa shape index (κ1) is 27.7. The van der Waals surface area contributed by atoms with Gasteiger partial charge in [0.25, 0.3) is 5.91 Å². The van der Waals surface area contributed by atoms with Crippen LogP contribution in [0.2, 0.25) is 10.0 Å². The van der Waals surface area contributed by atoms with E-state index in [0.717, 1.165) is 62.9 Å². The first-order chi connectivity index (χ1) is 19.0. The van der Waals surface area contributed by atoms with Gasteiger partial charge in [-0.15, -0.1) is 0 Å². The van der Waals surface area contributed by atoms with E-state index in [0.29, 0.717) is 28.2 Å². The lowest BCUT2D eigenvalue weighted by Crippen LogP contribution is -2.53. The van der Waals surface area contributed by atoms with Gasteiger partial charge in [-0.05, 0) is 67.4 Å². The molecule has 0 radical (unpaired) electrons. The Labute approximate surface area is 242 Å². The van der Waals surface area contributed by atoms with Crippen molar-refractivity contribution < 1.29 is 11.0 Å². The highest BCUT2D eigenvalue weighted by atomic mass is 35.5. The van der Waals surface area contributed by atoms with E-state index in [1.54, 1.807) is 19.4 Å². The third kappa shape index (κ3) is 7.22. The molecular weight excluding hydrogens is 533 g/mol. The maximum atomic E-state index is 12.6. The minimum Gasteiger partial charge on any atom is -0.497 e. The van der Waals surface area contributed by atoms with Crippen molar-refractivity contribution in [2.45, 2.75) is 32.0 Å². The summed E-state index contributed by atoms with van der Waals surface area (Å²) in [5.41, 5.74) is 2.72. The van der Waals surface area contributed by atoms with E-state index >= 15 is 0 Å². The number of ether oxygens (including phenoxy) is 1. The van der Waals surface area contributed by atoms with Crippen LogP contribution in [0, 0.1) is 0 Å². The summed E-state index contributed by atoms with van der Waals surface area (Å²) in [6.07, 6.45) is 3.99. The van der Waals surface area contributed by atoms with Crippen LogP contribution < -0.4 is 15.0 Å². The normalized spacial score (nSPS) is 17.3. The molecule has 0 bridgehead atoms. The maximum Gasteiger partial charge on any atom is 0.253 e. The van der Waals surface area contributed by atoms with Gasteiger partial charge in [0.2, 0.25) is 0 Å². The van der Waals surface area contributed by atoms with Gasteiger partial charge in [0, 0.05) is 58.0 Å². The van der Waals surface area contributed by atoms with Crippen LogP contribution in [0.1, 0.15) is 35.8 Å². The first-order valence-corrected chi connectivity index (χ1v) is 14.3. The van der Waals surface area contributed by atoms with Crippen molar-refractivity contribution >= 4 is 34.9 Å². The fraction of sp³-hybridized carbons (Fsp3) is 0.400. The van der Waals surface area contributed by atoms with E-state index in [2.05, 4.69) is 37.1 Å². The first-order valence-electron chi connectivity index (χ1n) is 13.5. The number of anilines is 1. The molecule has 0 saturated carbocycles. The minimum absolute atomic E-state index is 0. The molecule has 2 fully saturated rings. The van der Waals surface area contributed by atoms with Gasteiger partial charge in [0.15, 0.2) is 0 Å². The second-order valence-corrected chi connectivity index (χ2v) is 11.1. The molecular formula is C30H37Cl2N5O2. The Morgan fingerprint density at radius 3 is 2.41 bits per heavy atom. The predicted octanol–water partition coefficient (Wildman–Crippen LogP) is 5.36. The average molecular weight is 571 g/mol. The van der Waals surface area contributed by atoms with E-state index in [1.807, 2.05) is 36.4 Å². The Balaban J connectivity index is 0.00000370. The van der Waals surface area contributed by atoms with Crippen LogP contribution in [0.5, 0.6) is 5.75 Å². The van der Waals surface area contributed by atoms with Crippen LogP contribution in [-0.2, 0) is 13.1 Å². The summed E-state index contributed by atoms with van der Waals surface area (Å²) in [5.74, 6) is 1.44. The van der Waals surface area contributed by atoms with Crippen molar-refractivity contribution in [1.82, 2.24) is 20.1 Å². The molecule has 3 aromatic rings. The number of hydrogen-bond donors (Lipinski definition) is 1. The van der Waals surface area contributed by atoms with Crippen LogP contribution in [-0.4, -0.2) is 73.1 Å². The highest BCUT2D eigenvalue weighted by Crippen LogP contribution is 2.27. The molecule has 1 aromatic heterocycles. The van der Waals surface area contributed by atoms with Crippen LogP contribution >= 0.6 is 23.2 Å². The molecule has 2 aliphatic heterocycles. The number of methoxy groups -OCH3 is 1. The molecule has 2 saturated heterocycles. The van der Waals surface area contributed by atoms with E-state index in [4.69, 9.17) is 27.9 Å². The number of rotatable bonds is 8. The molecule has 1 amide bonds. The number of hydrogen-bond acceptors (Lipinski definition) is 6. The van der Waals surface area contributed by atoms with Gasteiger partial charge in [0.1, 0.15) is 11.6 Å². The lowest BCUT2D eigenvalue weighted by Gasteiger charge is -2.43. The zero-order valence-electron chi connectivity index (χ0n) is 22.3. The molecule has 3 heterocycles. The van der Waals surface area contributed by atoms with Gasteiger partial charge < -0.3 is 15.0 Å². The zero-order valence-corrected chi connectivity index (χ0v) is 23.8. The second-order valence-electron chi connectivity index (χ2n) is 10.2.